The summed E-state index contributed by atoms with van der Waals surface area (Å²) in [5.74, 6) is -2.97. The van der Waals surface area contributed by atoms with Crippen LogP contribution in [0.25, 0.3) is 0 Å². The van der Waals surface area contributed by atoms with Crippen molar-refractivity contribution >= 4 is 34.7 Å². The lowest BCUT2D eigenvalue weighted by atomic mass is 9.40. The molecule has 1 aromatic heterocycles. The van der Waals surface area contributed by atoms with Gasteiger partial charge in [-0.05, 0) is 79.0 Å². The second-order valence-corrected chi connectivity index (χ2v) is 14.7. The van der Waals surface area contributed by atoms with Crippen LogP contribution < -0.4 is 0 Å². The molecule has 0 aliphatic heterocycles. The first-order valence-corrected chi connectivity index (χ1v) is 15.5. The van der Waals surface area contributed by atoms with E-state index in [1.165, 1.54) is 12.2 Å². The fraction of sp³-hybridized carbons (Fsp3) is 0.655. The van der Waals surface area contributed by atoms with Gasteiger partial charge in [-0.2, -0.15) is 5.06 Å². The Kier molecular flexibility index (Phi) is 7.34. The van der Waals surface area contributed by atoms with Crippen molar-refractivity contribution in [3.63, 3.8) is 0 Å². The zero-order valence-corrected chi connectivity index (χ0v) is 24.3. The van der Waals surface area contributed by atoms with E-state index in [1.54, 1.807) is 30.0 Å². The van der Waals surface area contributed by atoms with Gasteiger partial charge >= 0.3 is 0 Å². The van der Waals surface area contributed by atoms with Crippen LogP contribution in [0.5, 0.6) is 0 Å². The number of aliphatic hydroxyl groups is 2. The van der Waals surface area contributed by atoms with Crippen LogP contribution in [-0.2, 0) is 16.1 Å². The molecule has 3 fully saturated rings. The predicted molar refractivity (Wildman–Crippen MR) is 146 cm³/mol. The van der Waals surface area contributed by atoms with E-state index in [9.17, 15) is 25.0 Å². The van der Waals surface area contributed by atoms with Crippen LogP contribution in [0.2, 0.25) is 0 Å². The zero-order valence-electron chi connectivity index (χ0n) is 22.7. The quantitative estimate of drug-likeness (QED) is 0.315. The van der Waals surface area contributed by atoms with Gasteiger partial charge in [-0.15, -0.1) is 23.1 Å². The lowest BCUT2D eigenvalue weighted by molar-refractivity contribution is -0.232. The van der Waals surface area contributed by atoms with Crippen molar-refractivity contribution in [2.75, 3.05) is 19.4 Å². The summed E-state index contributed by atoms with van der Waals surface area (Å²) in [6.07, 6.45) is 2.75. The molecule has 1 aromatic rings. The number of thioether (sulfide) groups is 1. The van der Waals surface area contributed by atoms with Crippen molar-refractivity contribution in [1.29, 1.82) is 0 Å². The van der Waals surface area contributed by atoms with Crippen molar-refractivity contribution in [3.05, 3.63) is 40.8 Å². The van der Waals surface area contributed by atoms with Crippen molar-refractivity contribution in [2.45, 2.75) is 68.7 Å². The van der Waals surface area contributed by atoms with Gasteiger partial charge in [-0.25, -0.2) is 8.78 Å². The van der Waals surface area contributed by atoms with Gasteiger partial charge in [0.1, 0.15) is 12.8 Å². The Bertz CT molecular complexity index is 1240. The summed E-state index contributed by atoms with van der Waals surface area (Å²) in [6.45, 7) is 4.95. The minimum absolute atomic E-state index is 0.0552. The van der Waals surface area contributed by atoms with Gasteiger partial charge in [-0.1, -0.05) is 19.9 Å². The minimum atomic E-state index is -2.27. The number of allylic oxidation sites excluding steroid dienone is 4. The molecule has 4 aliphatic rings. The fourth-order valence-corrected chi connectivity index (χ4v) is 10.4. The average Bonchev–Trinajstić information content (AvgIpc) is 3.41. The maximum atomic E-state index is 17.6. The number of fused-ring (bicyclic) bond motifs is 5. The van der Waals surface area contributed by atoms with E-state index >= 15 is 8.78 Å². The monoisotopic (exact) mass is 581 g/mol. The van der Waals surface area contributed by atoms with Gasteiger partial charge in [0.2, 0.25) is 0 Å². The van der Waals surface area contributed by atoms with Crippen molar-refractivity contribution in [3.8, 4) is 0 Å². The number of rotatable bonds is 7. The van der Waals surface area contributed by atoms with Crippen molar-refractivity contribution < 1.29 is 33.8 Å². The normalized spacial score (nSPS) is 43.2. The molecule has 10 heteroatoms. The standard InChI is InChI=1S/C29H37F2NO5S2/c1-26-8-7-17(34)9-19(26)20(30)10-22-27(2)11-16(13-32(37)14-18-5-6-24(38-4)39-18)25(21(35)15-33)28(27,3)12-23(36)29(22,26)31/h5-9,16,20,22-23,25,33,36-37H,10-15H2,1-4H3. The van der Waals surface area contributed by atoms with Crippen LogP contribution in [0.3, 0.4) is 0 Å². The Morgan fingerprint density at radius 3 is 2.59 bits per heavy atom. The van der Waals surface area contributed by atoms with Crippen molar-refractivity contribution in [2.24, 2.45) is 34.0 Å². The molecule has 39 heavy (non-hydrogen) atoms. The van der Waals surface area contributed by atoms with E-state index in [0.717, 1.165) is 20.2 Å². The third-order valence-electron chi connectivity index (χ3n) is 10.7. The Hall–Kier alpha value is -1.43. The molecular weight excluding hydrogens is 544 g/mol. The van der Waals surface area contributed by atoms with E-state index in [-0.39, 0.29) is 31.5 Å². The van der Waals surface area contributed by atoms with Gasteiger partial charge in [-0.3, -0.25) is 9.59 Å². The number of halogens is 2. The first-order chi connectivity index (χ1) is 18.2. The van der Waals surface area contributed by atoms with Crippen LogP contribution >= 0.6 is 23.1 Å². The number of ketones is 2. The molecule has 0 aromatic carbocycles. The number of aliphatic hydroxyl groups excluding tert-OH is 2. The number of Topliss-reactive ketones (excluding diaryl/α,β-unsaturated/α-hetero) is 1. The molecule has 214 valence electrons. The van der Waals surface area contributed by atoms with Gasteiger partial charge in [0.25, 0.3) is 0 Å². The van der Waals surface area contributed by atoms with Crippen LogP contribution in [0.1, 0.15) is 44.9 Å². The number of thiophene rings is 1. The highest BCUT2D eigenvalue weighted by molar-refractivity contribution is 8.00. The van der Waals surface area contributed by atoms with E-state index in [2.05, 4.69) is 0 Å². The van der Waals surface area contributed by atoms with E-state index in [0.29, 0.717) is 6.42 Å². The highest BCUT2D eigenvalue weighted by Crippen LogP contribution is 2.75. The number of hydrogen-bond acceptors (Lipinski definition) is 8. The molecule has 3 N–H and O–H groups in total. The second kappa shape index (κ2) is 9.84. The predicted octanol–water partition coefficient (Wildman–Crippen LogP) is 4.77. The molecule has 0 radical (unpaired) electrons. The third kappa shape index (κ3) is 4.07. The first kappa shape index (κ1) is 29.1. The number of alkyl halides is 2. The highest BCUT2D eigenvalue weighted by Gasteiger charge is 2.77. The second-order valence-electron chi connectivity index (χ2n) is 12.5. The van der Waals surface area contributed by atoms with Crippen LogP contribution in [0, 0.1) is 34.0 Å². The Balaban J connectivity index is 1.53. The lowest BCUT2D eigenvalue weighted by Gasteiger charge is -2.66. The smallest absolute Gasteiger partial charge is 0.178 e. The Morgan fingerprint density at radius 1 is 1.23 bits per heavy atom. The van der Waals surface area contributed by atoms with Gasteiger partial charge < -0.3 is 15.4 Å². The molecule has 1 heterocycles. The van der Waals surface area contributed by atoms with Gasteiger partial charge in [0, 0.05) is 28.7 Å². The third-order valence-corrected chi connectivity index (χ3v) is 12.9. The summed E-state index contributed by atoms with van der Waals surface area (Å²) in [6, 6.07) is 3.93. The number of nitrogens with zero attached hydrogens (tertiary/aromatic N) is 1. The van der Waals surface area contributed by atoms with Gasteiger partial charge in [0.05, 0.1) is 16.9 Å². The van der Waals surface area contributed by atoms with Crippen LogP contribution in [0.4, 0.5) is 8.78 Å². The van der Waals surface area contributed by atoms with E-state index < -0.39 is 70.1 Å². The van der Waals surface area contributed by atoms with Crippen LogP contribution in [0.15, 0.2) is 40.1 Å². The number of hydroxylamine groups is 2. The maximum absolute atomic E-state index is 17.6. The van der Waals surface area contributed by atoms with Crippen molar-refractivity contribution in [1.82, 2.24) is 5.06 Å². The van der Waals surface area contributed by atoms with Gasteiger partial charge in [0.15, 0.2) is 17.2 Å². The largest absolute Gasteiger partial charge is 0.390 e. The molecule has 6 nitrogen and oxygen atoms in total. The molecule has 3 saturated carbocycles. The minimum Gasteiger partial charge on any atom is -0.390 e. The summed E-state index contributed by atoms with van der Waals surface area (Å²) in [7, 11) is 0. The van der Waals surface area contributed by atoms with E-state index in [4.69, 9.17) is 0 Å². The summed E-state index contributed by atoms with van der Waals surface area (Å²) in [4.78, 5) is 26.3. The molecule has 5 rings (SSSR count). The number of carbonyl (C=O) groups is 2. The molecule has 9 unspecified atom stereocenters. The molecule has 0 amide bonds. The first-order valence-electron chi connectivity index (χ1n) is 13.4. The van der Waals surface area contributed by atoms with Crippen LogP contribution in [-0.4, -0.2) is 69.4 Å². The van der Waals surface area contributed by atoms with E-state index in [1.807, 2.05) is 32.2 Å². The number of carbonyl (C=O) groups excluding carboxylic acids is 2. The molecule has 9 atom stereocenters. The summed E-state index contributed by atoms with van der Waals surface area (Å²) in [5, 5.41) is 33.6. The SMILES string of the molecule is CSc1ccc(CN(O)CC2CC3(C)C4CC(F)C5=CC(=O)C=CC5(C)C4(F)C(O)CC3(C)C2C(=O)CO)s1. The Labute approximate surface area is 236 Å². The zero-order chi connectivity index (χ0) is 28.5. The maximum Gasteiger partial charge on any atom is 0.178 e. The summed E-state index contributed by atoms with van der Waals surface area (Å²) >= 11 is 3.18. The highest BCUT2D eigenvalue weighted by atomic mass is 32.2. The lowest BCUT2D eigenvalue weighted by Crippen LogP contribution is -2.71. The fourth-order valence-electron chi connectivity index (χ4n) is 8.81. The molecular formula is C29H37F2NO5S2. The summed E-state index contributed by atoms with van der Waals surface area (Å²) in [5.41, 5.74) is -5.60. The molecule has 4 aliphatic carbocycles. The molecule has 0 saturated heterocycles. The average molecular weight is 582 g/mol. The molecule has 0 bridgehead atoms. The number of hydrogen-bond donors (Lipinski definition) is 3. The topological polar surface area (TPSA) is 98.1 Å². The Morgan fingerprint density at radius 2 is 1.95 bits per heavy atom. The summed E-state index contributed by atoms with van der Waals surface area (Å²) < 4.78 is 34.5. The molecule has 0 spiro atoms.